The Labute approximate surface area is 129 Å². The third kappa shape index (κ3) is 2.29. The Morgan fingerprint density at radius 2 is 2.05 bits per heavy atom. The van der Waals surface area contributed by atoms with Crippen LogP contribution in [0.15, 0.2) is 40.8 Å². The van der Waals surface area contributed by atoms with Crippen LogP contribution < -0.4 is 4.74 Å². The van der Waals surface area contributed by atoms with E-state index in [1.807, 2.05) is 0 Å². The first kappa shape index (κ1) is 14.4. The van der Waals surface area contributed by atoms with Gasteiger partial charge in [-0.2, -0.15) is 0 Å². The van der Waals surface area contributed by atoms with Crippen LogP contribution in [-0.4, -0.2) is 18.2 Å². The Hall–Kier alpha value is -2.53. The van der Waals surface area contributed by atoms with Crippen LogP contribution in [-0.2, 0) is 0 Å². The van der Waals surface area contributed by atoms with Crippen molar-refractivity contribution < 1.29 is 23.4 Å². The maximum atomic E-state index is 13.6. The average Bonchev–Trinajstić information content (AvgIpc) is 2.88. The standard InChI is InChI=1S/C16H10ClFO4/c1-21-9-3-5-13-10(7-9)14(16(19)20)15(22-13)8-2-4-11(17)12(18)6-8/h2-7H,1H3,(H,19,20). The van der Waals surface area contributed by atoms with Gasteiger partial charge in [0.25, 0.3) is 0 Å². The minimum absolute atomic E-state index is 0.0431. The summed E-state index contributed by atoms with van der Waals surface area (Å²) in [6.45, 7) is 0. The van der Waals surface area contributed by atoms with Gasteiger partial charge in [-0.05, 0) is 36.4 Å². The second kappa shape index (κ2) is 5.35. The number of fused-ring (bicyclic) bond motifs is 1. The summed E-state index contributed by atoms with van der Waals surface area (Å²) in [5.74, 6) is -1.23. The van der Waals surface area contributed by atoms with E-state index in [1.54, 1.807) is 18.2 Å². The van der Waals surface area contributed by atoms with Gasteiger partial charge >= 0.3 is 5.97 Å². The molecule has 0 aliphatic heterocycles. The predicted molar refractivity (Wildman–Crippen MR) is 80.1 cm³/mol. The maximum Gasteiger partial charge on any atom is 0.340 e. The summed E-state index contributed by atoms with van der Waals surface area (Å²) in [5.41, 5.74) is 0.633. The lowest BCUT2D eigenvalue weighted by molar-refractivity contribution is 0.0699. The third-order valence-electron chi connectivity index (χ3n) is 3.29. The number of aromatic carboxylic acids is 1. The minimum Gasteiger partial charge on any atom is -0.497 e. The highest BCUT2D eigenvalue weighted by Crippen LogP contribution is 2.36. The second-order valence-corrected chi connectivity index (χ2v) is 5.01. The van der Waals surface area contributed by atoms with Crippen LogP contribution in [0.4, 0.5) is 4.39 Å². The van der Waals surface area contributed by atoms with Crippen molar-refractivity contribution in [2.75, 3.05) is 7.11 Å². The number of hydrogen-bond donors (Lipinski definition) is 1. The van der Waals surface area contributed by atoms with Gasteiger partial charge in [0.1, 0.15) is 28.5 Å². The lowest BCUT2D eigenvalue weighted by Crippen LogP contribution is -1.97. The molecule has 112 valence electrons. The molecule has 4 nitrogen and oxygen atoms in total. The monoisotopic (exact) mass is 320 g/mol. The molecule has 0 radical (unpaired) electrons. The summed E-state index contributed by atoms with van der Waals surface area (Å²) in [7, 11) is 1.48. The van der Waals surface area contributed by atoms with E-state index in [1.165, 1.54) is 19.2 Å². The Kier molecular flexibility index (Phi) is 3.50. The van der Waals surface area contributed by atoms with Gasteiger partial charge in [0, 0.05) is 10.9 Å². The summed E-state index contributed by atoms with van der Waals surface area (Å²) < 4.78 is 24.3. The van der Waals surface area contributed by atoms with Gasteiger partial charge in [0.05, 0.1) is 12.1 Å². The number of rotatable bonds is 3. The molecular weight excluding hydrogens is 311 g/mol. The van der Waals surface area contributed by atoms with E-state index in [0.29, 0.717) is 22.3 Å². The molecule has 0 fully saturated rings. The quantitative estimate of drug-likeness (QED) is 0.766. The normalized spacial score (nSPS) is 10.9. The van der Waals surface area contributed by atoms with Gasteiger partial charge in [-0.1, -0.05) is 11.6 Å². The van der Waals surface area contributed by atoms with Crippen LogP contribution >= 0.6 is 11.6 Å². The van der Waals surface area contributed by atoms with Crippen LogP contribution in [0.25, 0.3) is 22.3 Å². The number of benzene rings is 2. The Balaban J connectivity index is 2.30. The first-order valence-corrected chi connectivity index (χ1v) is 6.68. The molecule has 2 aromatic carbocycles. The van der Waals surface area contributed by atoms with E-state index in [4.69, 9.17) is 20.8 Å². The van der Waals surface area contributed by atoms with Crippen LogP contribution in [0.5, 0.6) is 5.75 Å². The molecule has 0 spiro atoms. The molecule has 0 bridgehead atoms. The molecule has 22 heavy (non-hydrogen) atoms. The van der Waals surface area contributed by atoms with E-state index >= 15 is 0 Å². The lowest BCUT2D eigenvalue weighted by atomic mass is 10.1. The van der Waals surface area contributed by atoms with Crippen LogP contribution in [0.1, 0.15) is 10.4 Å². The number of hydrogen-bond acceptors (Lipinski definition) is 3. The van der Waals surface area contributed by atoms with Crippen molar-refractivity contribution in [2.45, 2.75) is 0 Å². The van der Waals surface area contributed by atoms with Crippen molar-refractivity contribution in [2.24, 2.45) is 0 Å². The molecule has 0 saturated heterocycles. The highest BCUT2D eigenvalue weighted by atomic mass is 35.5. The number of ether oxygens (including phenoxy) is 1. The van der Waals surface area contributed by atoms with E-state index in [-0.39, 0.29) is 16.3 Å². The van der Waals surface area contributed by atoms with E-state index in [2.05, 4.69) is 0 Å². The molecule has 0 saturated carbocycles. The SMILES string of the molecule is COc1ccc2oc(-c3ccc(Cl)c(F)c3)c(C(=O)O)c2c1. The molecule has 1 N–H and O–H groups in total. The second-order valence-electron chi connectivity index (χ2n) is 4.60. The van der Waals surface area contributed by atoms with Crippen LogP contribution in [0, 0.1) is 5.82 Å². The van der Waals surface area contributed by atoms with E-state index in [0.717, 1.165) is 6.07 Å². The van der Waals surface area contributed by atoms with Gasteiger partial charge in [0.2, 0.25) is 0 Å². The first-order valence-electron chi connectivity index (χ1n) is 6.30. The predicted octanol–water partition coefficient (Wildman–Crippen LogP) is 4.60. The smallest absolute Gasteiger partial charge is 0.340 e. The van der Waals surface area contributed by atoms with Gasteiger partial charge in [-0.3, -0.25) is 0 Å². The molecule has 0 aliphatic carbocycles. The van der Waals surface area contributed by atoms with E-state index in [9.17, 15) is 14.3 Å². The fraction of sp³-hybridized carbons (Fsp3) is 0.0625. The molecule has 6 heteroatoms. The topological polar surface area (TPSA) is 59.7 Å². The van der Waals surface area contributed by atoms with Crippen molar-refractivity contribution in [3.05, 3.63) is 52.8 Å². The largest absolute Gasteiger partial charge is 0.497 e. The summed E-state index contributed by atoms with van der Waals surface area (Å²) in [5, 5.41) is 9.82. The van der Waals surface area contributed by atoms with Crippen molar-refractivity contribution in [1.82, 2.24) is 0 Å². The molecule has 0 amide bonds. The molecule has 0 atom stereocenters. The highest BCUT2D eigenvalue weighted by molar-refractivity contribution is 6.30. The van der Waals surface area contributed by atoms with Crippen molar-refractivity contribution in [1.29, 1.82) is 0 Å². The van der Waals surface area contributed by atoms with Crippen molar-refractivity contribution in [3.63, 3.8) is 0 Å². The third-order valence-corrected chi connectivity index (χ3v) is 3.60. The number of methoxy groups -OCH3 is 1. The fourth-order valence-electron chi connectivity index (χ4n) is 2.26. The minimum atomic E-state index is -1.17. The fourth-order valence-corrected chi connectivity index (χ4v) is 2.37. The highest BCUT2D eigenvalue weighted by Gasteiger charge is 2.22. The zero-order valence-corrected chi connectivity index (χ0v) is 12.1. The molecule has 3 aromatic rings. The maximum absolute atomic E-state index is 13.6. The lowest BCUT2D eigenvalue weighted by Gasteiger charge is -2.01. The number of carboxylic acid groups (broad SMARTS) is 1. The van der Waals surface area contributed by atoms with Gasteiger partial charge < -0.3 is 14.3 Å². The van der Waals surface area contributed by atoms with E-state index < -0.39 is 11.8 Å². The summed E-state index contributed by atoms with van der Waals surface area (Å²) >= 11 is 5.65. The number of halogens is 2. The van der Waals surface area contributed by atoms with Crippen molar-refractivity contribution in [3.8, 4) is 17.1 Å². The zero-order chi connectivity index (χ0) is 15.9. The summed E-state index contributed by atoms with van der Waals surface area (Å²) in [6, 6.07) is 8.83. The number of carbonyl (C=O) groups is 1. The number of carboxylic acids is 1. The van der Waals surface area contributed by atoms with Gasteiger partial charge in [-0.15, -0.1) is 0 Å². The zero-order valence-electron chi connectivity index (χ0n) is 11.4. The Morgan fingerprint density at radius 1 is 1.27 bits per heavy atom. The molecule has 1 heterocycles. The molecular formula is C16H10ClFO4. The molecule has 3 rings (SSSR count). The van der Waals surface area contributed by atoms with Crippen LogP contribution in [0.2, 0.25) is 5.02 Å². The molecule has 0 aliphatic rings. The number of furan rings is 1. The average molecular weight is 321 g/mol. The summed E-state index contributed by atoms with van der Waals surface area (Å²) in [6.07, 6.45) is 0. The van der Waals surface area contributed by atoms with Gasteiger partial charge in [0.15, 0.2) is 0 Å². The van der Waals surface area contributed by atoms with Crippen LogP contribution in [0.3, 0.4) is 0 Å². The first-order chi connectivity index (χ1) is 10.5. The Bertz CT molecular complexity index is 885. The van der Waals surface area contributed by atoms with Crippen molar-refractivity contribution >= 4 is 28.5 Å². The van der Waals surface area contributed by atoms with Gasteiger partial charge in [-0.25, -0.2) is 9.18 Å². The summed E-state index contributed by atoms with van der Waals surface area (Å²) in [4.78, 5) is 11.6. The molecule has 0 unspecified atom stereocenters. The Morgan fingerprint density at radius 3 is 2.68 bits per heavy atom. The molecule has 1 aromatic heterocycles.